The van der Waals surface area contributed by atoms with Crippen LogP contribution in [-0.2, 0) is 6.42 Å². The predicted octanol–water partition coefficient (Wildman–Crippen LogP) is 3.72. The third-order valence-electron chi connectivity index (χ3n) is 6.90. The van der Waals surface area contributed by atoms with Gasteiger partial charge in [-0.25, -0.2) is 4.98 Å². The van der Waals surface area contributed by atoms with Crippen molar-refractivity contribution in [3.05, 3.63) is 53.5 Å². The number of benzene rings is 1. The molecule has 4 heterocycles. The first-order valence-corrected chi connectivity index (χ1v) is 11.4. The van der Waals surface area contributed by atoms with Gasteiger partial charge in [0.15, 0.2) is 0 Å². The summed E-state index contributed by atoms with van der Waals surface area (Å²) in [5, 5.41) is 4.55. The zero-order chi connectivity index (χ0) is 20.5. The molecular formula is C24H32N6. The Bertz CT molecular complexity index is 990. The number of aromatic nitrogens is 4. The van der Waals surface area contributed by atoms with E-state index in [0.717, 1.165) is 37.2 Å². The lowest BCUT2D eigenvalue weighted by molar-refractivity contribution is 0.112. The molecule has 0 radical (unpaired) electrons. The number of likely N-dealkylation sites (tertiary alicyclic amines) is 1. The summed E-state index contributed by atoms with van der Waals surface area (Å²) >= 11 is 0. The lowest BCUT2D eigenvalue weighted by Crippen LogP contribution is -2.48. The van der Waals surface area contributed by atoms with Crippen LogP contribution >= 0.6 is 0 Å². The van der Waals surface area contributed by atoms with E-state index < -0.39 is 0 Å². The molecule has 158 valence electrons. The first-order chi connectivity index (χ1) is 14.7. The third-order valence-corrected chi connectivity index (χ3v) is 6.90. The number of nitrogens with zero attached hydrogens (tertiary/aromatic N) is 6. The van der Waals surface area contributed by atoms with Crippen molar-refractivity contribution in [3.63, 3.8) is 0 Å². The summed E-state index contributed by atoms with van der Waals surface area (Å²) < 4.78 is 1.95. The zero-order valence-electron chi connectivity index (χ0n) is 18.2. The standard InChI is InChI=1S/C24H32N6/c1-18-7-6-12-29(16-18)21-10-13-28(14-11-21)23-22(15-20-8-4-3-5-9-20)19(2)27-24-25-17-26-30(23)24/h3-5,8-9,17-18,21H,6-7,10-16H2,1-2H3. The van der Waals surface area contributed by atoms with Crippen LogP contribution in [0.1, 0.15) is 49.4 Å². The Morgan fingerprint density at radius 1 is 1.03 bits per heavy atom. The normalized spacial score (nSPS) is 21.4. The summed E-state index contributed by atoms with van der Waals surface area (Å²) in [6.07, 6.45) is 7.67. The van der Waals surface area contributed by atoms with Crippen molar-refractivity contribution in [3.8, 4) is 0 Å². The summed E-state index contributed by atoms with van der Waals surface area (Å²) in [6, 6.07) is 11.4. The van der Waals surface area contributed by atoms with Crippen molar-refractivity contribution in [1.82, 2.24) is 24.5 Å². The molecule has 1 aromatic carbocycles. The lowest BCUT2D eigenvalue weighted by atomic mass is 9.95. The Hall–Kier alpha value is -2.47. The van der Waals surface area contributed by atoms with E-state index in [0.29, 0.717) is 5.78 Å². The molecule has 2 aromatic heterocycles. The number of anilines is 1. The van der Waals surface area contributed by atoms with Gasteiger partial charge < -0.3 is 4.90 Å². The predicted molar refractivity (Wildman–Crippen MR) is 120 cm³/mol. The second-order valence-electron chi connectivity index (χ2n) is 9.09. The van der Waals surface area contributed by atoms with E-state index in [1.165, 1.54) is 55.7 Å². The zero-order valence-corrected chi connectivity index (χ0v) is 18.2. The number of rotatable bonds is 4. The molecule has 2 aliphatic rings. The van der Waals surface area contributed by atoms with E-state index >= 15 is 0 Å². The van der Waals surface area contributed by atoms with Crippen LogP contribution in [0, 0.1) is 12.8 Å². The Labute approximate surface area is 178 Å². The third kappa shape index (κ3) is 3.81. The van der Waals surface area contributed by atoms with Crippen LogP contribution in [0.15, 0.2) is 36.7 Å². The number of hydrogen-bond acceptors (Lipinski definition) is 5. The molecule has 0 N–H and O–H groups in total. The number of fused-ring (bicyclic) bond motifs is 1. The molecule has 0 aliphatic carbocycles. The molecule has 0 spiro atoms. The van der Waals surface area contributed by atoms with Crippen LogP contribution in [0.2, 0.25) is 0 Å². The van der Waals surface area contributed by atoms with Crippen molar-refractivity contribution >= 4 is 11.6 Å². The number of piperidine rings is 2. The fraction of sp³-hybridized carbons (Fsp3) is 0.542. The van der Waals surface area contributed by atoms with Crippen LogP contribution in [0.3, 0.4) is 0 Å². The van der Waals surface area contributed by atoms with Crippen LogP contribution in [0.5, 0.6) is 0 Å². The van der Waals surface area contributed by atoms with E-state index in [-0.39, 0.29) is 0 Å². The SMILES string of the molecule is Cc1nc2ncnn2c(N2CCC(N3CCCC(C)C3)CC2)c1Cc1ccccc1. The summed E-state index contributed by atoms with van der Waals surface area (Å²) in [5.74, 6) is 2.72. The molecular weight excluding hydrogens is 372 g/mol. The molecule has 1 atom stereocenters. The fourth-order valence-corrected chi connectivity index (χ4v) is 5.30. The molecule has 0 saturated carbocycles. The monoisotopic (exact) mass is 404 g/mol. The molecule has 5 rings (SSSR count). The van der Waals surface area contributed by atoms with Gasteiger partial charge in [0.25, 0.3) is 5.78 Å². The Balaban J connectivity index is 1.42. The summed E-state index contributed by atoms with van der Waals surface area (Å²) in [5.41, 5.74) is 3.63. The molecule has 6 nitrogen and oxygen atoms in total. The van der Waals surface area contributed by atoms with Gasteiger partial charge in [-0.05, 0) is 50.6 Å². The first kappa shape index (κ1) is 19.5. The molecule has 30 heavy (non-hydrogen) atoms. The average molecular weight is 405 g/mol. The van der Waals surface area contributed by atoms with Crippen molar-refractivity contribution in [2.75, 3.05) is 31.1 Å². The van der Waals surface area contributed by atoms with Gasteiger partial charge in [-0.3, -0.25) is 4.90 Å². The van der Waals surface area contributed by atoms with Gasteiger partial charge in [-0.1, -0.05) is 37.3 Å². The fourth-order valence-electron chi connectivity index (χ4n) is 5.30. The summed E-state index contributed by atoms with van der Waals surface area (Å²) in [4.78, 5) is 14.4. The highest BCUT2D eigenvalue weighted by atomic mass is 15.4. The second-order valence-corrected chi connectivity index (χ2v) is 9.09. The topological polar surface area (TPSA) is 49.6 Å². The Kier molecular flexibility index (Phi) is 5.42. The van der Waals surface area contributed by atoms with Crippen molar-refractivity contribution < 1.29 is 0 Å². The number of hydrogen-bond donors (Lipinski definition) is 0. The highest BCUT2D eigenvalue weighted by Crippen LogP contribution is 2.30. The van der Waals surface area contributed by atoms with Gasteiger partial charge in [0.05, 0.1) is 0 Å². The van der Waals surface area contributed by atoms with Crippen molar-refractivity contribution in [2.24, 2.45) is 5.92 Å². The Morgan fingerprint density at radius 2 is 1.83 bits per heavy atom. The van der Waals surface area contributed by atoms with E-state index in [2.05, 4.69) is 64.1 Å². The van der Waals surface area contributed by atoms with Crippen molar-refractivity contribution in [1.29, 1.82) is 0 Å². The minimum Gasteiger partial charge on any atom is -0.356 e. The molecule has 2 aliphatic heterocycles. The van der Waals surface area contributed by atoms with Gasteiger partial charge in [0.2, 0.25) is 0 Å². The molecule has 1 unspecified atom stereocenters. The van der Waals surface area contributed by atoms with Crippen molar-refractivity contribution in [2.45, 2.75) is 52.0 Å². The number of aryl methyl sites for hydroxylation is 1. The van der Waals surface area contributed by atoms with E-state index in [1.807, 2.05) is 4.52 Å². The van der Waals surface area contributed by atoms with E-state index in [4.69, 9.17) is 4.98 Å². The maximum Gasteiger partial charge on any atom is 0.254 e. The van der Waals surface area contributed by atoms with Gasteiger partial charge >= 0.3 is 0 Å². The van der Waals surface area contributed by atoms with Gasteiger partial charge in [0.1, 0.15) is 12.1 Å². The maximum atomic E-state index is 4.74. The van der Waals surface area contributed by atoms with Gasteiger partial charge in [-0.15, -0.1) is 0 Å². The smallest absolute Gasteiger partial charge is 0.254 e. The molecule has 2 fully saturated rings. The maximum absolute atomic E-state index is 4.74. The second kappa shape index (κ2) is 8.34. The molecule has 2 saturated heterocycles. The van der Waals surface area contributed by atoms with Crippen LogP contribution in [0.25, 0.3) is 5.78 Å². The molecule has 0 bridgehead atoms. The van der Waals surface area contributed by atoms with E-state index in [1.54, 1.807) is 6.33 Å². The summed E-state index contributed by atoms with van der Waals surface area (Å²) in [7, 11) is 0. The molecule has 6 heteroatoms. The lowest BCUT2D eigenvalue weighted by Gasteiger charge is -2.42. The minimum atomic E-state index is 0.700. The quantitative estimate of drug-likeness (QED) is 0.663. The highest BCUT2D eigenvalue weighted by molar-refractivity contribution is 5.56. The molecule has 0 amide bonds. The minimum absolute atomic E-state index is 0.700. The first-order valence-electron chi connectivity index (χ1n) is 11.4. The van der Waals surface area contributed by atoms with Crippen LogP contribution < -0.4 is 4.90 Å². The highest BCUT2D eigenvalue weighted by Gasteiger charge is 2.30. The summed E-state index contributed by atoms with van der Waals surface area (Å²) in [6.45, 7) is 9.18. The average Bonchev–Trinajstić information content (AvgIpc) is 3.23. The largest absolute Gasteiger partial charge is 0.356 e. The van der Waals surface area contributed by atoms with E-state index in [9.17, 15) is 0 Å². The van der Waals surface area contributed by atoms with Crippen LogP contribution in [-0.4, -0.2) is 56.7 Å². The van der Waals surface area contributed by atoms with Crippen LogP contribution in [0.4, 0.5) is 5.82 Å². The Morgan fingerprint density at radius 3 is 2.60 bits per heavy atom. The van der Waals surface area contributed by atoms with Gasteiger partial charge in [0, 0.05) is 43.4 Å². The molecule has 3 aromatic rings. The van der Waals surface area contributed by atoms with Gasteiger partial charge in [-0.2, -0.15) is 14.6 Å².